The molecule has 1 fully saturated rings. The molecule has 40 heavy (non-hydrogen) atoms. The van der Waals surface area contributed by atoms with Crippen molar-refractivity contribution in [2.45, 2.75) is 64.3 Å². The zero-order valence-electron chi connectivity index (χ0n) is 21.7. The van der Waals surface area contributed by atoms with Crippen LogP contribution in [0.4, 0.5) is 13.2 Å². The standard InChI is InChI=1S/C30H28F3N3O4/c31-30(32,33)28-11-8-21-16-34(12-13-35(21)28)15-19-4-6-20(7-5-19)18-40-27-3-1-2-23-24(27)17-36(29(23)39)25-10-9-22(37)14-26(25)38/h1-8,11,25H,9-10,12-18H2. The normalized spacial score (nSPS) is 19.6. The lowest BCUT2D eigenvalue weighted by molar-refractivity contribution is -0.144. The van der Waals surface area contributed by atoms with Gasteiger partial charge in [0.2, 0.25) is 0 Å². The van der Waals surface area contributed by atoms with Crippen molar-refractivity contribution in [3.8, 4) is 5.75 Å². The number of aromatic nitrogens is 1. The summed E-state index contributed by atoms with van der Waals surface area (Å²) in [6.45, 7) is 2.49. The minimum Gasteiger partial charge on any atom is -0.489 e. The van der Waals surface area contributed by atoms with E-state index in [1.807, 2.05) is 30.3 Å². The number of alkyl halides is 3. The second-order valence-corrected chi connectivity index (χ2v) is 10.6. The third-order valence-corrected chi connectivity index (χ3v) is 7.98. The van der Waals surface area contributed by atoms with Crippen LogP contribution >= 0.6 is 0 Å². The van der Waals surface area contributed by atoms with E-state index in [0.717, 1.165) is 22.8 Å². The van der Waals surface area contributed by atoms with Crippen LogP contribution in [0.2, 0.25) is 0 Å². The number of carbonyl (C=O) groups excluding carboxylic acids is 3. The number of carbonyl (C=O) groups is 3. The fourth-order valence-corrected chi connectivity index (χ4v) is 5.91. The summed E-state index contributed by atoms with van der Waals surface area (Å²) in [5.41, 5.74) is 3.33. The largest absolute Gasteiger partial charge is 0.489 e. The number of ether oxygens (including phenoxy) is 1. The highest BCUT2D eigenvalue weighted by molar-refractivity contribution is 6.07. The summed E-state index contributed by atoms with van der Waals surface area (Å²) in [5.74, 6) is 0.0963. The van der Waals surface area contributed by atoms with Crippen LogP contribution in [0.1, 0.15) is 57.7 Å². The minimum absolute atomic E-state index is 0.0777. The van der Waals surface area contributed by atoms with Crippen LogP contribution in [-0.4, -0.2) is 44.4 Å². The van der Waals surface area contributed by atoms with Gasteiger partial charge >= 0.3 is 6.18 Å². The second kappa shape index (κ2) is 10.2. The number of ketones is 2. The average molecular weight is 552 g/mol. The summed E-state index contributed by atoms with van der Waals surface area (Å²) < 4.78 is 47.0. The Morgan fingerprint density at radius 1 is 0.900 bits per heavy atom. The number of hydrogen-bond acceptors (Lipinski definition) is 5. The molecule has 1 unspecified atom stereocenters. The van der Waals surface area contributed by atoms with Crippen molar-refractivity contribution in [2.75, 3.05) is 6.54 Å². The van der Waals surface area contributed by atoms with E-state index in [2.05, 4.69) is 4.90 Å². The maximum Gasteiger partial charge on any atom is 0.431 e. The number of halogens is 3. The summed E-state index contributed by atoms with van der Waals surface area (Å²) in [6, 6.07) is 15.3. The number of nitrogens with zero attached hydrogens (tertiary/aromatic N) is 3. The average Bonchev–Trinajstić information content (AvgIpc) is 3.50. The Bertz CT molecular complexity index is 1480. The molecule has 7 nitrogen and oxygen atoms in total. The van der Waals surface area contributed by atoms with Crippen molar-refractivity contribution in [1.29, 1.82) is 0 Å². The molecule has 10 heteroatoms. The predicted octanol–water partition coefficient (Wildman–Crippen LogP) is 4.75. The number of amides is 1. The first-order valence-corrected chi connectivity index (χ1v) is 13.3. The monoisotopic (exact) mass is 551 g/mol. The van der Waals surface area contributed by atoms with Gasteiger partial charge < -0.3 is 14.2 Å². The van der Waals surface area contributed by atoms with Gasteiger partial charge in [0.25, 0.3) is 5.91 Å². The molecule has 3 aliphatic rings. The van der Waals surface area contributed by atoms with Crippen LogP contribution in [0.15, 0.2) is 54.6 Å². The Morgan fingerprint density at radius 2 is 1.68 bits per heavy atom. The maximum absolute atomic E-state index is 13.2. The highest BCUT2D eigenvalue weighted by Gasteiger charge is 2.40. The summed E-state index contributed by atoms with van der Waals surface area (Å²) in [5, 5.41) is 0. The van der Waals surface area contributed by atoms with E-state index in [1.165, 1.54) is 4.57 Å². The number of hydrogen-bond donors (Lipinski definition) is 0. The molecule has 2 aliphatic heterocycles. The highest BCUT2D eigenvalue weighted by Crippen LogP contribution is 2.35. The molecule has 0 saturated heterocycles. The molecule has 0 spiro atoms. The van der Waals surface area contributed by atoms with Crippen LogP contribution in [-0.2, 0) is 48.6 Å². The Morgan fingerprint density at radius 3 is 2.42 bits per heavy atom. The van der Waals surface area contributed by atoms with Crippen molar-refractivity contribution in [1.82, 2.24) is 14.4 Å². The molecule has 208 valence electrons. The topological polar surface area (TPSA) is 71.8 Å². The van der Waals surface area contributed by atoms with Gasteiger partial charge in [0.1, 0.15) is 23.8 Å². The van der Waals surface area contributed by atoms with Crippen LogP contribution < -0.4 is 4.74 Å². The summed E-state index contributed by atoms with van der Waals surface area (Å²) in [6.07, 6.45) is -3.80. The van der Waals surface area contributed by atoms with E-state index in [4.69, 9.17) is 4.74 Å². The van der Waals surface area contributed by atoms with Crippen molar-refractivity contribution in [3.63, 3.8) is 0 Å². The predicted molar refractivity (Wildman–Crippen MR) is 138 cm³/mol. The van der Waals surface area contributed by atoms with E-state index in [1.54, 1.807) is 23.1 Å². The lowest BCUT2D eigenvalue weighted by Crippen LogP contribution is -2.44. The lowest BCUT2D eigenvalue weighted by Gasteiger charge is -2.30. The number of fused-ring (bicyclic) bond motifs is 2. The van der Waals surface area contributed by atoms with Gasteiger partial charge in [-0.05, 0) is 41.8 Å². The molecule has 0 radical (unpaired) electrons. The summed E-state index contributed by atoms with van der Waals surface area (Å²) in [7, 11) is 0. The van der Waals surface area contributed by atoms with Gasteiger partial charge in [0.15, 0.2) is 5.78 Å². The van der Waals surface area contributed by atoms with Crippen LogP contribution in [0.3, 0.4) is 0 Å². The molecule has 1 saturated carbocycles. The molecule has 6 rings (SSSR count). The molecule has 3 heterocycles. The van der Waals surface area contributed by atoms with Gasteiger partial charge in [-0.2, -0.15) is 13.2 Å². The molecule has 1 aromatic heterocycles. The van der Waals surface area contributed by atoms with E-state index in [0.29, 0.717) is 62.6 Å². The fraction of sp³-hybridized carbons (Fsp3) is 0.367. The molecule has 1 atom stereocenters. The first-order valence-electron chi connectivity index (χ1n) is 13.3. The Hall–Kier alpha value is -3.92. The van der Waals surface area contributed by atoms with Crippen molar-refractivity contribution in [2.24, 2.45) is 0 Å². The lowest BCUT2D eigenvalue weighted by atomic mass is 9.92. The van der Waals surface area contributed by atoms with Gasteiger partial charge in [0.05, 0.1) is 19.0 Å². The molecular formula is C30H28F3N3O4. The van der Waals surface area contributed by atoms with Gasteiger partial charge in [-0.15, -0.1) is 0 Å². The molecule has 0 N–H and O–H groups in total. The van der Waals surface area contributed by atoms with E-state index >= 15 is 0 Å². The first-order chi connectivity index (χ1) is 19.2. The SMILES string of the molecule is O=C1CCC(N2Cc3c(OCc4ccc(CN5CCn6c(ccc6C(F)(F)F)C5)cc4)cccc3C2=O)C(=O)C1. The Kier molecular flexibility index (Phi) is 6.74. The molecule has 2 aromatic carbocycles. The molecule has 0 bridgehead atoms. The van der Waals surface area contributed by atoms with E-state index in [-0.39, 0.29) is 30.4 Å². The van der Waals surface area contributed by atoms with Crippen molar-refractivity contribution >= 4 is 17.5 Å². The number of benzene rings is 2. The fourth-order valence-electron chi connectivity index (χ4n) is 5.91. The minimum atomic E-state index is -4.34. The van der Waals surface area contributed by atoms with Crippen LogP contribution in [0, 0.1) is 0 Å². The molecule has 1 amide bonds. The van der Waals surface area contributed by atoms with Crippen LogP contribution in [0.25, 0.3) is 0 Å². The van der Waals surface area contributed by atoms with Gasteiger partial charge in [-0.25, -0.2) is 0 Å². The molecule has 1 aliphatic carbocycles. The maximum atomic E-state index is 13.2. The second-order valence-electron chi connectivity index (χ2n) is 10.6. The van der Waals surface area contributed by atoms with Gasteiger partial charge in [-0.1, -0.05) is 30.3 Å². The quantitative estimate of drug-likeness (QED) is 0.414. The Balaban J connectivity index is 1.07. The summed E-state index contributed by atoms with van der Waals surface area (Å²) in [4.78, 5) is 40.8. The highest BCUT2D eigenvalue weighted by atomic mass is 19.4. The van der Waals surface area contributed by atoms with Crippen molar-refractivity contribution < 1.29 is 32.3 Å². The number of Topliss-reactive ketones (excluding diaryl/α,β-unsaturated/α-hetero) is 2. The number of rotatable bonds is 6. The third-order valence-electron chi connectivity index (χ3n) is 7.98. The zero-order valence-corrected chi connectivity index (χ0v) is 21.7. The van der Waals surface area contributed by atoms with Crippen molar-refractivity contribution in [3.05, 3.63) is 88.2 Å². The van der Waals surface area contributed by atoms with Gasteiger partial charge in [-0.3, -0.25) is 19.3 Å². The zero-order chi connectivity index (χ0) is 28.0. The van der Waals surface area contributed by atoms with E-state index in [9.17, 15) is 27.6 Å². The third kappa shape index (κ3) is 5.03. The first kappa shape index (κ1) is 26.3. The van der Waals surface area contributed by atoms with Crippen LogP contribution in [0.5, 0.6) is 5.75 Å². The summed E-state index contributed by atoms with van der Waals surface area (Å²) >= 11 is 0. The Labute approximate surface area is 229 Å². The molecular weight excluding hydrogens is 523 g/mol. The smallest absolute Gasteiger partial charge is 0.431 e. The van der Waals surface area contributed by atoms with E-state index < -0.39 is 17.9 Å². The van der Waals surface area contributed by atoms with Gasteiger partial charge in [0, 0.05) is 49.4 Å². The molecule has 3 aromatic rings.